The normalized spacial score (nSPS) is 14.3. The minimum absolute atomic E-state index is 0. The number of para-hydroxylation sites is 1. The number of halogens is 1. The smallest absolute Gasteiger partial charge is 0.212 e. The summed E-state index contributed by atoms with van der Waals surface area (Å²) in [5.41, 5.74) is 6.37. The zero-order chi connectivity index (χ0) is 18.3. The Morgan fingerprint density at radius 1 is 1.11 bits per heavy atom. The van der Waals surface area contributed by atoms with E-state index in [1.54, 1.807) is 0 Å². The summed E-state index contributed by atoms with van der Waals surface area (Å²) in [6.45, 7) is 9.13. The summed E-state index contributed by atoms with van der Waals surface area (Å²) in [7, 11) is 2.13. The lowest BCUT2D eigenvalue weighted by Crippen LogP contribution is -3.00. The quantitative estimate of drug-likeness (QED) is 0.319. The van der Waals surface area contributed by atoms with Crippen LogP contribution in [0.25, 0.3) is 17.0 Å². The Morgan fingerprint density at radius 3 is 2.67 bits per heavy atom. The molecule has 0 atom stereocenters. The van der Waals surface area contributed by atoms with E-state index < -0.39 is 0 Å². The van der Waals surface area contributed by atoms with Crippen molar-refractivity contribution in [3.05, 3.63) is 83.0 Å². The van der Waals surface area contributed by atoms with Crippen molar-refractivity contribution in [2.24, 2.45) is 7.05 Å². The highest BCUT2D eigenvalue weighted by molar-refractivity contribution is 8.04. The van der Waals surface area contributed by atoms with Gasteiger partial charge in [0.05, 0.1) is 10.7 Å². The summed E-state index contributed by atoms with van der Waals surface area (Å²) in [4.78, 5) is 3.72. The van der Waals surface area contributed by atoms with E-state index in [1.165, 1.54) is 43.3 Å². The Morgan fingerprint density at radius 2 is 1.89 bits per heavy atom. The van der Waals surface area contributed by atoms with Crippen molar-refractivity contribution in [2.75, 3.05) is 11.4 Å². The van der Waals surface area contributed by atoms with Crippen LogP contribution in [-0.2, 0) is 7.05 Å². The van der Waals surface area contributed by atoms with Crippen LogP contribution >= 0.6 is 11.8 Å². The predicted molar refractivity (Wildman–Crippen MR) is 112 cm³/mol. The molecule has 3 aromatic rings. The fourth-order valence-corrected chi connectivity index (χ4v) is 4.77. The van der Waals surface area contributed by atoms with Gasteiger partial charge in [-0.2, -0.15) is 4.57 Å². The lowest BCUT2D eigenvalue weighted by Gasteiger charge is -2.18. The molecule has 0 unspecified atom stereocenters. The van der Waals surface area contributed by atoms with E-state index in [0.717, 1.165) is 6.54 Å². The standard InChI is InChI=1S/C23H23N2S.HI/c1-5-12-25-21-14-16(2)13-17(3)23(21)26-22(25)15-19-11-10-18-8-6-7-9-20(18)24(19)4;/h5-11,13-15H,1,12H2,2-4H3;1H/q+1;/p-1. The number of thioether (sulfide) groups is 1. The number of hydrogen-bond donors (Lipinski definition) is 0. The molecule has 4 heteroatoms. The van der Waals surface area contributed by atoms with Gasteiger partial charge in [0.15, 0.2) is 0 Å². The average Bonchev–Trinajstić information content (AvgIpc) is 2.96. The molecule has 0 aliphatic carbocycles. The Balaban J connectivity index is 0.00000210. The number of nitrogens with zero attached hydrogens (tertiary/aromatic N) is 2. The monoisotopic (exact) mass is 486 g/mol. The molecule has 0 saturated heterocycles. The maximum absolute atomic E-state index is 3.96. The van der Waals surface area contributed by atoms with Crippen LogP contribution in [0.15, 0.2) is 71.1 Å². The summed E-state index contributed by atoms with van der Waals surface area (Å²) >= 11 is 1.85. The van der Waals surface area contributed by atoms with Crippen LogP contribution in [0.4, 0.5) is 5.69 Å². The fourth-order valence-electron chi connectivity index (χ4n) is 3.60. The van der Waals surface area contributed by atoms with Gasteiger partial charge in [0.1, 0.15) is 7.05 Å². The van der Waals surface area contributed by atoms with E-state index >= 15 is 0 Å². The minimum Gasteiger partial charge on any atom is -1.00 e. The molecular formula is C23H23IN2S. The highest BCUT2D eigenvalue weighted by atomic mass is 127. The van der Waals surface area contributed by atoms with Crippen LogP contribution in [0.5, 0.6) is 0 Å². The molecule has 1 aromatic heterocycles. The number of aromatic nitrogens is 1. The van der Waals surface area contributed by atoms with Crippen LogP contribution in [0.2, 0.25) is 0 Å². The summed E-state index contributed by atoms with van der Waals surface area (Å²) in [5, 5.41) is 2.51. The van der Waals surface area contributed by atoms with Crippen molar-refractivity contribution in [1.29, 1.82) is 0 Å². The zero-order valence-corrected chi connectivity index (χ0v) is 18.8. The number of pyridine rings is 1. The second kappa shape index (κ2) is 8.07. The molecule has 4 rings (SSSR count). The summed E-state index contributed by atoms with van der Waals surface area (Å²) in [6, 6.07) is 17.4. The van der Waals surface area contributed by atoms with Gasteiger partial charge in [0.25, 0.3) is 0 Å². The number of aryl methyl sites for hydroxylation is 3. The third-order valence-corrected chi connectivity index (χ3v) is 6.15. The first-order chi connectivity index (χ1) is 12.6. The first kappa shape index (κ1) is 20.0. The zero-order valence-electron chi connectivity index (χ0n) is 15.9. The van der Waals surface area contributed by atoms with E-state index in [1.807, 2.05) is 17.8 Å². The molecule has 0 N–H and O–H groups in total. The lowest BCUT2D eigenvalue weighted by atomic mass is 10.1. The molecule has 2 heterocycles. The maximum atomic E-state index is 3.96. The number of anilines is 1. The van der Waals surface area contributed by atoms with Crippen LogP contribution in [0.3, 0.4) is 0 Å². The molecule has 2 nitrogen and oxygen atoms in total. The number of hydrogen-bond acceptors (Lipinski definition) is 2. The van der Waals surface area contributed by atoms with Gasteiger partial charge >= 0.3 is 0 Å². The summed E-state index contributed by atoms with van der Waals surface area (Å²) in [5.74, 6) is 0. The lowest BCUT2D eigenvalue weighted by molar-refractivity contribution is -0.646. The van der Waals surface area contributed by atoms with E-state index in [4.69, 9.17) is 0 Å². The van der Waals surface area contributed by atoms with Crippen molar-refractivity contribution in [3.63, 3.8) is 0 Å². The van der Waals surface area contributed by atoms with E-state index in [2.05, 4.69) is 91.5 Å². The van der Waals surface area contributed by atoms with Crippen molar-refractivity contribution in [2.45, 2.75) is 18.7 Å². The fraction of sp³-hybridized carbons (Fsp3) is 0.174. The average molecular weight is 486 g/mol. The molecule has 0 bridgehead atoms. The molecule has 1 aliphatic heterocycles. The molecule has 138 valence electrons. The van der Waals surface area contributed by atoms with Gasteiger partial charge in [-0.15, -0.1) is 6.58 Å². The molecular weight excluding hydrogens is 463 g/mol. The maximum Gasteiger partial charge on any atom is 0.212 e. The molecule has 0 saturated carbocycles. The number of benzene rings is 2. The second-order valence-electron chi connectivity index (χ2n) is 6.79. The molecule has 0 amide bonds. The summed E-state index contributed by atoms with van der Waals surface area (Å²) in [6.07, 6.45) is 4.26. The number of rotatable bonds is 3. The van der Waals surface area contributed by atoms with Crippen LogP contribution in [0.1, 0.15) is 16.8 Å². The van der Waals surface area contributed by atoms with Crippen molar-refractivity contribution < 1.29 is 28.5 Å². The van der Waals surface area contributed by atoms with Crippen LogP contribution < -0.4 is 33.4 Å². The Labute approximate surface area is 182 Å². The Hall–Kier alpha value is -1.79. The van der Waals surface area contributed by atoms with Crippen molar-refractivity contribution in [1.82, 2.24) is 0 Å². The van der Waals surface area contributed by atoms with Crippen molar-refractivity contribution in [3.8, 4) is 0 Å². The summed E-state index contributed by atoms with van der Waals surface area (Å²) < 4.78 is 2.26. The molecule has 27 heavy (non-hydrogen) atoms. The topological polar surface area (TPSA) is 7.12 Å². The molecule has 0 fully saturated rings. The van der Waals surface area contributed by atoms with Gasteiger partial charge in [-0.1, -0.05) is 36.0 Å². The van der Waals surface area contributed by atoms with Gasteiger partial charge < -0.3 is 28.9 Å². The van der Waals surface area contributed by atoms with Gasteiger partial charge in [0, 0.05) is 35.0 Å². The Kier molecular flexibility index (Phi) is 5.96. The minimum atomic E-state index is 0. The highest BCUT2D eigenvalue weighted by Crippen LogP contribution is 2.48. The van der Waals surface area contributed by atoms with Gasteiger partial charge in [0.2, 0.25) is 11.2 Å². The first-order valence-electron chi connectivity index (χ1n) is 8.85. The first-order valence-corrected chi connectivity index (χ1v) is 9.67. The van der Waals surface area contributed by atoms with Crippen LogP contribution in [0, 0.1) is 13.8 Å². The van der Waals surface area contributed by atoms with Crippen LogP contribution in [-0.4, -0.2) is 6.54 Å². The Bertz CT molecular complexity index is 1060. The number of fused-ring (bicyclic) bond motifs is 2. The molecule has 1 aliphatic rings. The molecule has 0 radical (unpaired) electrons. The van der Waals surface area contributed by atoms with Crippen molar-refractivity contribution >= 4 is 34.4 Å². The highest BCUT2D eigenvalue weighted by Gasteiger charge is 2.27. The SMILES string of the molecule is C=CCN1C(=Cc2ccc3ccccc3[n+]2C)Sc2c(C)cc(C)cc21.[I-]. The molecule has 2 aromatic carbocycles. The third kappa shape index (κ3) is 3.65. The van der Waals surface area contributed by atoms with Gasteiger partial charge in [-0.3, -0.25) is 0 Å². The van der Waals surface area contributed by atoms with E-state index in [9.17, 15) is 0 Å². The van der Waals surface area contributed by atoms with Gasteiger partial charge in [-0.25, -0.2) is 0 Å². The predicted octanol–water partition coefficient (Wildman–Crippen LogP) is 2.38. The second-order valence-corrected chi connectivity index (χ2v) is 7.82. The largest absolute Gasteiger partial charge is 1.00 e. The molecule has 0 spiro atoms. The van der Waals surface area contributed by atoms with Gasteiger partial charge in [-0.05, 0) is 43.2 Å². The van der Waals surface area contributed by atoms with E-state index in [-0.39, 0.29) is 24.0 Å². The third-order valence-electron chi connectivity index (χ3n) is 4.86. The van der Waals surface area contributed by atoms with E-state index in [0.29, 0.717) is 0 Å².